The van der Waals surface area contributed by atoms with Crippen LogP contribution < -0.4 is 10.6 Å². The van der Waals surface area contributed by atoms with E-state index in [2.05, 4.69) is 15.0 Å². The third kappa shape index (κ3) is 3.62. The lowest BCUT2D eigenvalue weighted by Gasteiger charge is -2.24. The minimum atomic E-state index is -2.25. The Morgan fingerprint density at radius 2 is 2.08 bits per heavy atom. The lowest BCUT2D eigenvalue weighted by molar-refractivity contribution is -0.124. The molecular weight excluding hydrogens is 355 g/mol. The first-order chi connectivity index (χ1) is 12.4. The Morgan fingerprint density at radius 1 is 1.42 bits per heavy atom. The van der Waals surface area contributed by atoms with Crippen LogP contribution in [0.15, 0.2) is 22.2 Å². The van der Waals surface area contributed by atoms with Crippen LogP contribution in [0.2, 0.25) is 0 Å². The van der Waals surface area contributed by atoms with Gasteiger partial charge in [-0.3, -0.25) is 4.57 Å². The highest BCUT2D eigenvalue weighted by molar-refractivity contribution is 5.36. The van der Waals surface area contributed by atoms with Crippen molar-refractivity contribution >= 4 is 5.82 Å². The van der Waals surface area contributed by atoms with Crippen LogP contribution >= 0.6 is 0 Å². The smallest absolute Gasteiger partial charge is 0.351 e. The number of aliphatic hydroxyl groups excluding tert-OH is 4. The number of hydrogen-bond acceptors (Lipinski definition) is 9. The van der Waals surface area contributed by atoms with E-state index in [1.54, 1.807) is 0 Å². The summed E-state index contributed by atoms with van der Waals surface area (Å²) in [4.78, 5) is 19.9. The fraction of sp³-hybridized carbons (Fsp3) is 0.692. The van der Waals surface area contributed by atoms with Gasteiger partial charge in [-0.15, -0.1) is 0 Å². The number of rotatable bonds is 8. The number of aromatic nitrogens is 2. The highest BCUT2D eigenvalue weighted by atomic mass is 19.1. The van der Waals surface area contributed by atoms with Gasteiger partial charge in [0.05, 0.1) is 19.8 Å². The van der Waals surface area contributed by atoms with E-state index in [0.29, 0.717) is 0 Å². The fourth-order valence-electron chi connectivity index (χ4n) is 2.64. The molecule has 26 heavy (non-hydrogen) atoms. The largest absolute Gasteiger partial charge is 0.395 e. The monoisotopic (exact) mass is 374 g/mol. The second-order valence-corrected chi connectivity index (χ2v) is 5.50. The van der Waals surface area contributed by atoms with Crippen molar-refractivity contribution in [3.05, 3.63) is 33.2 Å². The number of halogens is 1. The van der Waals surface area contributed by atoms with Gasteiger partial charge in [-0.2, -0.15) is 4.98 Å². The molecule has 4 atom stereocenters. The number of alkyl halides is 1. The lowest BCUT2D eigenvalue weighted by Crippen LogP contribution is -2.43. The van der Waals surface area contributed by atoms with Crippen LogP contribution in [0.3, 0.4) is 0 Å². The molecule has 2 rings (SSSR count). The number of anilines is 1. The van der Waals surface area contributed by atoms with Gasteiger partial charge < -0.3 is 30.1 Å². The maximum absolute atomic E-state index is 14.4. The number of azide groups is 1. The SMILES string of the molecule is [N-]=[N+]=NC1(CO)O[C@@H](n2ccc(N(CCO)CCO)nc2=O)[C@@H](F)[C@@H]1O. The van der Waals surface area contributed by atoms with Gasteiger partial charge in [0.15, 0.2) is 12.4 Å². The second-order valence-electron chi connectivity index (χ2n) is 5.50. The molecule has 1 aliphatic rings. The van der Waals surface area contributed by atoms with Gasteiger partial charge >= 0.3 is 5.69 Å². The van der Waals surface area contributed by atoms with Crippen LogP contribution in [0.1, 0.15) is 6.23 Å². The van der Waals surface area contributed by atoms with Crippen LogP contribution in [0.5, 0.6) is 0 Å². The third-order valence-corrected chi connectivity index (χ3v) is 3.95. The van der Waals surface area contributed by atoms with Gasteiger partial charge in [-0.25, -0.2) is 9.18 Å². The van der Waals surface area contributed by atoms with Gasteiger partial charge in [-0.05, 0) is 11.6 Å². The van der Waals surface area contributed by atoms with E-state index < -0.39 is 36.5 Å². The standard InChI is InChI=1S/C13H19FN6O6/c14-9-10(24)13(7-23,17-18-15)26-11(9)20-2-1-8(16-12(20)25)19(3-5-21)4-6-22/h1-2,9-11,21-24H,3-7H2/t9-,10-,11+,13?/m0/s1. The van der Waals surface area contributed by atoms with E-state index in [4.69, 9.17) is 20.5 Å². The Kier molecular flexibility index (Phi) is 6.47. The Hall–Kier alpha value is -2.28. The van der Waals surface area contributed by atoms with Gasteiger partial charge in [0.25, 0.3) is 0 Å². The average molecular weight is 374 g/mol. The second kappa shape index (κ2) is 8.40. The molecule has 2 heterocycles. The number of hydrogen-bond donors (Lipinski definition) is 4. The topological polar surface area (TPSA) is 177 Å². The first-order valence-electron chi connectivity index (χ1n) is 7.67. The van der Waals surface area contributed by atoms with Crippen LogP contribution in [0.4, 0.5) is 10.2 Å². The zero-order valence-corrected chi connectivity index (χ0v) is 13.6. The van der Waals surface area contributed by atoms with E-state index in [0.717, 1.165) is 10.8 Å². The molecule has 0 saturated carbocycles. The van der Waals surface area contributed by atoms with Crippen LogP contribution in [-0.4, -0.2) is 80.9 Å². The third-order valence-electron chi connectivity index (χ3n) is 3.95. The van der Waals surface area contributed by atoms with Gasteiger partial charge in [0, 0.05) is 24.2 Å². The van der Waals surface area contributed by atoms with Gasteiger partial charge in [0.2, 0.25) is 5.72 Å². The summed E-state index contributed by atoms with van der Waals surface area (Å²) in [7, 11) is 0. The summed E-state index contributed by atoms with van der Waals surface area (Å²) in [6.45, 7) is -1.23. The number of nitrogens with zero attached hydrogens (tertiary/aromatic N) is 6. The summed E-state index contributed by atoms with van der Waals surface area (Å²) in [5.74, 6) is 0.145. The van der Waals surface area contributed by atoms with Crippen LogP contribution in [0, 0.1) is 0 Å². The Bertz CT molecular complexity index is 721. The average Bonchev–Trinajstić information content (AvgIpc) is 2.87. The predicted molar refractivity (Wildman–Crippen MR) is 84.9 cm³/mol. The molecule has 0 aromatic carbocycles. The molecule has 1 unspecified atom stereocenters. The number of ether oxygens (including phenoxy) is 1. The van der Waals surface area contributed by atoms with Gasteiger partial charge in [-0.1, -0.05) is 5.11 Å². The quantitative estimate of drug-likeness (QED) is 0.235. The van der Waals surface area contributed by atoms with Crippen molar-refractivity contribution in [3.63, 3.8) is 0 Å². The van der Waals surface area contributed by atoms with Crippen molar-refractivity contribution < 1.29 is 29.6 Å². The molecule has 1 fully saturated rings. The molecule has 0 spiro atoms. The van der Waals surface area contributed by atoms with Crippen molar-refractivity contribution in [3.8, 4) is 0 Å². The molecule has 1 aromatic rings. The van der Waals surface area contributed by atoms with Crippen molar-refractivity contribution in [1.82, 2.24) is 9.55 Å². The van der Waals surface area contributed by atoms with Crippen molar-refractivity contribution in [2.45, 2.75) is 24.2 Å². The molecule has 144 valence electrons. The van der Waals surface area contributed by atoms with Crippen molar-refractivity contribution in [1.29, 1.82) is 0 Å². The summed E-state index contributed by atoms with van der Waals surface area (Å²) >= 11 is 0. The van der Waals surface area contributed by atoms with E-state index in [1.807, 2.05) is 0 Å². The maximum atomic E-state index is 14.4. The first kappa shape index (κ1) is 20.0. The molecule has 12 nitrogen and oxygen atoms in total. The predicted octanol–water partition coefficient (Wildman–Crippen LogP) is -1.74. The minimum absolute atomic E-state index is 0.117. The normalized spacial score (nSPS) is 28.0. The van der Waals surface area contributed by atoms with E-state index in [9.17, 15) is 19.4 Å². The molecule has 1 aromatic heterocycles. The van der Waals surface area contributed by atoms with E-state index in [1.165, 1.54) is 11.0 Å². The highest BCUT2D eigenvalue weighted by Gasteiger charge is 2.56. The maximum Gasteiger partial charge on any atom is 0.351 e. The zero-order chi connectivity index (χ0) is 19.3. The fourth-order valence-corrected chi connectivity index (χ4v) is 2.64. The highest BCUT2D eigenvalue weighted by Crippen LogP contribution is 2.39. The molecule has 4 N–H and O–H groups in total. The molecule has 1 saturated heterocycles. The zero-order valence-electron chi connectivity index (χ0n) is 13.6. The summed E-state index contributed by atoms with van der Waals surface area (Å²) in [6, 6.07) is 1.34. The number of aliphatic hydroxyl groups is 4. The summed E-state index contributed by atoms with van der Waals surface area (Å²) in [6.07, 6.45) is -4.66. The van der Waals surface area contributed by atoms with Gasteiger partial charge in [0.1, 0.15) is 11.9 Å². The first-order valence-corrected chi connectivity index (χ1v) is 7.67. The molecule has 13 heteroatoms. The van der Waals surface area contributed by atoms with E-state index >= 15 is 0 Å². The molecule has 1 aliphatic heterocycles. The molecule has 0 aliphatic carbocycles. The van der Waals surface area contributed by atoms with Crippen molar-refractivity contribution in [2.24, 2.45) is 5.11 Å². The Labute approximate surface area is 146 Å². The summed E-state index contributed by atoms with van der Waals surface area (Å²) in [5.41, 5.74) is 5.36. The van der Waals surface area contributed by atoms with Crippen LogP contribution in [0.25, 0.3) is 10.4 Å². The minimum Gasteiger partial charge on any atom is -0.395 e. The Balaban J connectivity index is 2.35. The van der Waals surface area contributed by atoms with Crippen LogP contribution in [-0.2, 0) is 4.74 Å². The van der Waals surface area contributed by atoms with E-state index in [-0.39, 0.29) is 32.1 Å². The van der Waals surface area contributed by atoms with Crippen molar-refractivity contribution in [2.75, 3.05) is 37.8 Å². The Morgan fingerprint density at radius 3 is 2.58 bits per heavy atom. The lowest BCUT2D eigenvalue weighted by atomic mass is 10.1. The molecule has 0 bridgehead atoms. The summed E-state index contributed by atoms with van der Waals surface area (Å²) < 4.78 is 20.3. The summed E-state index contributed by atoms with van der Waals surface area (Å²) in [5, 5.41) is 40.4. The molecular formula is C13H19FN6O6. The molecule has 0 radical (unpaired) electrons. The molecule has 0 amide bonds.